The summed E-state index contributed by atoms with van der Waals surface area (Å²) in [4.78, 5) is 3.79. The first kappa shape index (κ1) is 14.2. The van der Waals surface area contributed by atoms with Crippen molar-refractivity contribution in [1.82, 2.24) is 4.98 Å². The van der Waals surface area contributed by atoms with Crippen LogP contribution in [-0.2, 0) is 10.0 Å². The van der Waals surface area contributed by atoms with Gasteiger partial charge in [-0.05, 0) is 24.3 Å². The zero-order chi connectivity index (χ0) is 14.8. The molecule has 1 heterocycles. The number of rotatable bonds is 4. The molecule has 20 heavy (non-hydrogen) atoms. The van der Waals surface area contributed by atoms with Gasteiger partial charge in [0.25, 0.3) is 10.0 Å². The van der Waals surface area contributed by atoms with Gasteiger partial charge in [-0.3, -0.25) is 4.72 Å². The molecule has 0 aliphatic rings. The van der Waals surface area contributed by atoms with Crippen molar-refractivity contribution < 1.29 is 17.2 Å². The van der Waals surface area contributed by atoms with Crippen molar-refractivity contribution in [2.75, 3.05) is 17.1 Å². The smallest absolute Gasteiger partial charge is 0.263 e. The van der Waals surface area contributed by atoms with Crippen molar-refractivity contribution in [3.8, 4) is 0 Å². The van der Waals surface area contributed by atoms with E-state index in [1.54, 1.807) is 7.05 Å². The fraction of sp³-hybridized carbons (Fsp3) is 0.0833. The number of benzene rings is 1. The van der Waals surface area contributed by atoms with E-state index in [1.165, 1.54) is 12.1 Å². The summed E-state index contributed by atoms with van der Waals surface area (Å²) in [6.45, 7) is 0. The lowest BCUT2D eigenvalue weighted by atomic mass is 10.3. The summed E-state index contributed by atoms with van der Waals surface area (Å²) in [5.74, 6) is -1.67. The Morgan fingerprint density at radius 3 is 2.40 bits per heavy atom. The Morgan fingerprint density at radius 1 is 1.10 bits per heavy atom. The van der Waals surface area contributed by atoms with Gasteiger partial charge >= 0.3 is 0 Å². The number of aromatic nitrogens is 1. The second kappa shape index (κ2) is 5.41. The Labute approximate surface area is 114 Å². The van der Waals surface area contributed by atoms with E-state index in [9.17, 15) is 17.2 Å². The average molecular weight is 299 g/mol. The van der Waals surface area contributed by atoms with Crippen molar-refractivity contribution in [3.63, 3.8) is 0 Å². The number of nitrogens with zero attached hydrogens (tertiary/aromatic N) is 1. The van der Waals surface area contributed by atoms with Gasteiger partial charge in [0, 0.05) is 19.3 Å². The van der Waals surface area contributed by atoms with Gasteiger partial charge in [0.15, 0.2) is 11.6 Å². The monoisotopic (exact) mass is 299 g/mol. The zero-order valence-electron chi connectivity index (χ0n) is 10.4. The summed E-state index contributed by atoms with van der Waals surface area (Å²) in [7, 11) is -2.25. The molecule has 0 spiro atoms. The number of sulfonamides is 1. The lowest BCUT2D eigenvalue weighted by molar-refractivity contribution is 0.509. The molecule has 5 nitrogen and oxygen atoms in total. The molecule has 0 fully saturated rings. The van der Waals surface area contributed by atoms with E-state index in [1.807, 2.05) is 0 Å². The molecule has 106 valence electrons. The van der Waals surface area contributed by atoms with Crippen LogP contribution in [0.15, 0.2) is 41.4 Å². The van der Waals surface area contributed by atoms with Crippen molar-refractivity contribution in [1.29, 1.82) is 0 Å². The average Bonchev–Trinajstić information content (AvgIpc) is 2.43. The van der Waals surface area contributed by atoms with Gasteiger partial charge in [-0.1, -0.05) is 0 Å². The van der Waals surface area contributed by atoms with Crippen LogP contribution < -0.4 is 10.0 Å². The minimum atomic E-state index is -3.90. The van der Waals surface area contributed by atoms with Crippen LogP contribution in [0.25, 0.3) is 0 Å². The summed E-state index contributed by atoms with van der Waals surface area (Å²) in [5, 5.41) is 2.75. The van der Waals surface area contributed by atoms with E-state index in [2.05, 4.69) is 15.0 Å². The predicted molar refractivity (Wildman–Crippen MR) is 71.0 cm³/mol. The van der Waals surface area contributed by atoms with E-state index < -0.39 is 21.7 Å². The van der Waals surface area contributed by atoms with Crippen LogP contribution in [0.5, 0.6) is 0 Å². The van der Waals surface area contributed by atoms with Crippen LogP contribution in [-0.4, -0.2) is 20.4 Å². The van der Waals surface area contributed by atoms with Crippen LogP contribution in [0.4, 0.5) is 20.3 Å². The Bertz CT molecular complexity index is 718. The van der Waals surface area contributed by atoms with Crippen molar-refractivity contribution >= 4 is 21.5 Å². The molecule has 2 rings (SSSR count). The Balaban J connectivity index is 2.27. The second-order valence-electron chi connectivity index (χ2n) is 3.86. The normalized spacial score (nSPS) is 11.2. The third-order valence-electron chi connectivity index (χ3n) is 2.47. The topological polar surface area (TPSA) is 71.1 Å². The molecule has 0 aliphatic heterocycles. The first-order chi connectivity index (χ1) is 9.42. The number of hydrogen-bond acceptors (Lipinski definition) is 4. The Morgan fingerprint density at radius 2 is 1.85 bits per heavy atom. The van der Waals surface area contributed by atoms with Gasteiger partial charge in [0.1, 0.15) is 10.7 Å². The van der Waals surface area contributed by atoms with Gasteiger partial charge in [0.2, 0.25) is 0 Å². The third-order valence-corrected chi connectivity index (χ3v) is 3.84. The maximum atomic E-state index is 13.0. The minimum Gasteiger partial charge on any atom is -0.373 e. The van der Waals surface area contributed by atoms with Crippen molar-refractivity contribution in [2.24, 2.45) is 0 Å². The van der Waals surface area contributed by atoms with Crippen molar-refractivity contribution in [2.45, 2.75) is 4.90 Å². The highest BCUT2D eigenvalue weighted by Gasteiger charge is 2.15. The van der Waals surface area contributed by atoms with Gasteiger partial charge in [-0.2, -0.15) is 0 Å². The number of anilines is 2. The van der Waals surface area contributed by atoms with Crippen LogP contribution in [0.1, 0.15) is 0 Å². The fourth-order valence-corrected chi connectivity index (χ4v) is 2.45. The number of pyridine rings is 1. The summed E-state index contributed by atoms with van der Waals surface area (Å²) in [6.07, 6.45) is 1.16. The van der Waals surface area contributed by atoms with E-state index in [-0.39, 0.29) is 10.6 Å². The molecule has 0 amide bonds. The second-order valence-corrected chi connectivity index (χ2v) is 5.55. The number of halogens is 2. The SMILES string of the molecule is CNc1ccc(S(=O)(=O)Nc2ccc(F)c(F)c2)cn1. The van der Waals surface area contributed by atoms with E-state index in [4.69, 9.17) is 0 Å². The number of nitrogens with one attached hydrogen (secondary N) is 2. The molecular weight excluding hydrogens is 288 g/mol. The zero-order valence-corrected chi connectivity index (χ0v) is 11.2. The molecular formula is C12H11F2N3O2S. The van der Waals surface area contributed by atoms with E-state index >= 15 is 0 Å². The van der Waals surface area contributed by atoms with Gasteiger partial charge in [-0.15, -0.1) is 0 Å². The summed E-state index contributed by atoms with van der Waals surface area (Å²) < 4.78 is 52.0. The highest BCUT2D eigenvalue weighted by atomic mass is 32.2. The standard InChI is InChI=1S/C12H11F2N3O2S/c1-15-12-5-3-9(7-16-12)20(18,19)17-8-2-4-10(13)11(14)6-8/h2-7,17H,1H3,(H,15,16). The molecule has 1 aromatic heterocycles. The molecule has 0 bridgehead atoms. The Kier molecular flexibility index (Phi) is 3.84. The van der Waals surface area contributed by atoms with Crippen LogP contribution in [0, 0.1) is 11.6 Å². The summed E-state index contributed by atoms with van der Waals surface area (Å²) in [5.41, 5.74) is -0.0680. The molecule has 0 radical (unpaired) electrons. The number of hydrogen-bond donors (Lipinski definition) is 2. The molecule has 2 N–H and O–H groups in total. The summed E-state index contributed by atoms with van der Waals surface area (Å²) >= 11 is 0. The van der Waals surface area contributed by atoms with Gasteiger partial charge < -0.3 is 5.32 Å². The first-order valence-corrected chi connectivity index (χ1v) is 7.02. The highest BCUT2D eigenvalue weighted by molar-refractivity contribution is 7.92. The fourth-order valence-electron chi connectivity index (χ4n) is 1.46. The summed E-state index contributed by atoms with van der Waals surface area (Å²) in [6, 6.07) is 5.57. The molecule has 8 heteroatoms. The van der Waals surface area contributed by atoms with Gasteiger partial charge in [-0.25, -0.2) is 22.2 Å². The Hall–Kier alpha value is -2.22. The molecule has 0 unspecified atom stereocenters. The first-order valence-electron chi connectivity index (χ1n) is 5.54. The lowest BCUT2D eigenvalue weighted by Gasteiger charge is -2.08. The van der Waals surface area contributed by atoms with Crippen LogP contribution >= 0.6 is 0 Å². The molecule has 0 atom stereocenters. The van der Waals surface area contributed by atoms with E-state index in [0.717, 1.165) is 24.4 Å². The quantitative estimate of drug-likeness (QED) is 0.908. The minimum absolute atomic E-state index is 0.0680. The maximum absolute atomic E-state index is 13.0. The molecule has 0 aliphatic carbocycles. The predicted octanol–water partition coefficient (Wildman–Crippen LogP) is 2.20. The van der Waals surface area contributed by atoms with E-state index in [0.29, 0.717) is 5.82 Å². The van der Waals surface area contributed by atoms with Crippen LogP contribution in [0.2, 0.25) is 0 Å². The van der Waals surface area contributed by atoms with Crippen LogP contribution in [0.3, 0.4) is 0 Å². The maximum Gasteiger partial charge on any atom is 0.263 e. The molecule has 1 aromatic carbocycles. The molecule has 0 saturated heterocycles. The highest BCUT2D eigenvalue weighted by Crippen LogP contribution is 2.18. The van der Waals surface area contributed by atoms with Gasteiger partial charge in [0.05, 0.1) is 5.69 Å². The lowest BCUT2D eigenvalue weighted by Crippen LogP contribution is -2.13. The molecule has 2 aromatic rings. The largest absolute Gasteiger partial charge is 0.373 e. The molecule has 0 saturated carbocycles. The van der Waals surface area contributed by atoms with Crippen molar-refractivity contribution in [3.05, 3.63) is 48.2 Å². The third kappa shape index (κ3) is 3.02.